The Hall–Kier alpha value is -1.92. The molecular weight excluding hydrogens is 329 g/mol. The molecule has 0 fully saturated rings. The van der Waals surface area contributed by atoms with Crippen LogP contribution >= 0.6 is 0 Å². The van der Waals surface area contributed by atoms with Crippen molar-refractivity contribution in [1.29, 1.82) is 0 Å². The molecule has 6 heteroatoms. The van der Waals surface area contributed by atoms with E-state index in [1.165, 1.54) is 16.4 Å². The van der Waals surface area contributed by atoms with Crippen LogP contribution in [0.2, 0.25) is 0 Å². The number of nitrogens with zero attached hydrogens (tertiary/aromatic N) is 1. The summed E-state index contributed by atoms with van der Waals surface area (Å²) in [5.41, 5.74) is 1.78. The summed E-state index contributed by atoms with van der Waals surface area (Å²) < 4.78 is 46.1. The van der Waals surface area contributed by atoms with Crippen LogP contribution in [0.25, 0.3) is 0 Å². The van der Waals surface area contributed by atoms with E-state index in [2.05, 4.69) is 0 Å². The maximum Gasteiger partial charge on any atom is 0.243 e. The molecule has 0 saturated heterocycles. The van der Waals surface area contributed by atoms with E-state index in [1.54, 1.807) is 38.1 Å². The van der Waals surface area contributed by atoms with Gasteiger partial charge in [0, 0.05) is 25.1 Å². The summed E-state index contributed by atoms with van der Waals surface area (Å²) in [7, 11) is -3.67. The van der Waals surface area contributed by atoms with Crippen molar-refractivity contribution in [3.8, 4) is 5.75 Å². The van der Waals surface area contributed by atoms with Gasteiger partial charge in [0.2, 0.25) is 10.0 Å². The third-order valence-corrected chi connectivity index (χ3v) is 6.41. The number of benzene rings is 2. The molecule has 1 aliphatic heterocycles. The van der Waals surface area contributed by atoms with Gasteiger partial charge in [-0.25, -0.2) is 12.8 Å². The molecule has 0 spiro atoms. The molecule has 24 heavy (non-hydrogen) atoms. The highest BCUT2D eigenvalue weighted by atomic mass is 32.2. The number of hydrogen-bond acceptors (Lipinski definition) is 3. The van der Waals surface area contributed by atoms with Gasteiger partial charge in [-0.15, -0.1) is 0 Å². The zero-order chi connectivity index (χ0) is 17.3. The number of ether oxygens (including phenoxy) is 1. The quantitative estimate of drug-likeness (QED) is 0.830. The molecule has 1 heterocycles. The molecule has 4 nitrogen and oxygen atoms in total. The highest BCUT2D eigenvalue weighted by Crippen LogP contribution is 2.32. The lowest BCUT2D eigenvalue weighted by Gasteiger charge is -2.27. The van der Waals surface area contributed by atoms with Crippen molar-refractivity contribution in [3.63, 3.8) is 0 Å². The van der Waals surface area contributed by atoms with Gasteiger partial charge in [-0.3, -0.25) is 0 Å². The highest BCUT2D eigenvalue weighted by molar-refractivity contribution is 7.89. The van der Waals surface area contributed by atoms with Gasteiger partial charge in [-0.2, -0.15) is 4.31 Å². The van der Waals surface area contributed by atoms with Crippen LogP contribution in [0.3, 0.4) is 0 Å². The van der Waals surface area contributed by atoms with Gasteiger partial charge in [0.1, 0.15) is 11.6 Å². The molecule has 0 aromatic heterocycles. The summed E-state index contributed by atoms with van der Waals surface area (Å²) in [6.07, 6.45) is 0.805. The molecule has 1 aliphatic rings. The lowest BCUT2D eigenvalue weighted by atomic mass is 10.1. The first-order valence-corrected chi connectivity index (χ1v) is 9.40. The molecule has 2 aromatic carbocycles. The summed E-state index contributed by atoms with van der Waals surface area (Å²) in [6, 6.07) is 10.6. The summed E-state index contributed by atoms with van der Waals surface area (Å²) in [4.78, 5) is 0.221. The Balaban J connectivity index is 1.95. The maximum atomic E-state index is 13.1. The van der Waals surface area contributed by atoms with E-state index in [1.807, 2.05) is 6.07 Å². The van der Waals surface area contributed by atoms with Crippen molar-refractivity contribution >= 4 is 10.0 Å². The number of sulfonamides is 1. The van der Waals surface area contributed by atoms with Gasteiger partial charge in [0.25, 0.3) is 0 Å². The molecule has 0 aliphatic carbocycles. The lowest BCUT2D eigenvalue weighted by molar-refractivity contribution is 0.351. The number of rotatable bonds is 5. The standard InChI is InChI=1S/C18H20FNO3S/c1-3-20(13(2)14-4-7-16(19)8-5-14)24(21,22)17-9-6-15-10-11-23-18(15)12-17/h4-9,12-13H,3,10-11H2,1-2H3/t13-/m1/s1. The van der Waals surface area contributed by atoms with Gasteiger partial charge in [-0.1, -0.05) is 25.1 Å². The smallest absolute Gasteiger partial charge is 0.243 e. The van der Waals surface area contributed by atoms with E-state index in [-0.39, 0.29) is 10.7 Å². The van der Waals surface area contributed by atoms with E-state index in [0.29, 0.717) is 18.9 Å². The fourth-order valence-corrected chi connectivity index (χ4v) is 4.65. The van der Waals surface area contributed by atoms with Gasteiger partial charge >= 0.3 is 0 Å². The molecule has 0 amide bonds. The van der Waals surface area contributed by atoms with E-state index < -0.39 is 16.1 Å². The van der Waals surface area contributed by atoms with Gasteiger partial charge in [0.05, 0.1) is 11.5 Å². The average Bonchev–Trinajstić information content (AvgIpc) is 3.03. The Morgan fingerprint density at radius 2 is 1.92 bits per heavy atom. The largest absolute Gasteiger partial charge is 0.493 e. The molecule has 0 bridgehead atoms. The Kier molecular flexibility index (Phi) is 4.60. The van der Waals surface area contributed by atoms with Crippen LogP contribution in [-0.2, 0) is 16.4 Å². The third-order valence-electron chi connectivity index (χ3n) is 4.37. The normalized spacial score (nSPS) is 15.2. The van der Waals surface area contributed by atoms with Crippen molar-refractivity contribution in [2.24, 2.45) is 0 Å². The minimum Gasteiger partial charge on any atom is -0.493 e. The second-order valence-corrected chi connectivity index (χ2v) is 7.69. The molecule has 2 aromatic rings. The van der Waals surface area contributed by atoms with Gasteiger partial charge in [0.15, 0.2) is 0 Å². The molecule has 3 rings (SSSR count). The van der Waals surface area contributed by atoms with E-state index >= 15 is 0 Å². The fourth-order valence-electron chi connectivity index (χ4n) is 3.00. The average molecular weight is 349 g/mol. The third kappa shape index (κ3) is 3.03. The van der Waals surface area contributed by atoms with Gasteiger partial charge in [-0.05, 0) is 36.2 Å². The first-order chi connectivity index (χ1) is 11.4. The van der Waals surface area contributed by atoms with Crippen LogP contribution in [0.1, 0.15) is 31.0 Å². The van der Waals surface area contributed by atoms with Crippen molar-refractivity contribution in [1.82, 2.24) is 4.31 Å². The van der Waals surface area contributed by atoms with Crippen LogP contribution in [0.4, 0.5) is 4.39 Å². The van der Waals surface area contributed by atoms with Gasteiger partial charge < -0.3 is 4.74 Å². The number of halogens is 1. The SMILES string of the molecule is CCN([C@H](C)c1ccc(F)cc1)S(=O)(=O)c1ccc2c(c1)OCC2. The van der Waals surface area contributed by atoms with E-state index in [9.17, 15) is 12.8 Å². The van der Waals surface area contributed by atoms with Crippen LogP contribution in [0, 0.1) is 5.82 Å². The van der Waals surface area contributed by atoms with E-state index in [4.69, 9.17) is 4.74 Å². The zero-order valence-electron chi connectivity index (χ0n) is 13.7. The van der Waals surface area contributed by atoms with E-state index in [0.717, 1.165) is 17.5 Å². The topological polar surface area (TPSA) is 46.6 Å². The molecule has 0 saturated carbocycles. The van der Waals surface area contributed by atoms with Crippen molar-refractivity contribution in [3.05, 3.63) is 59.4 Å². The van der Waals surface area contributed by atoms with Crippen molar-refractivity contribution < 1.29 is 17.5 Å². The molecule has 1 atom stereocenters. The van der Waals surface area contributed by atoms with Crippen LogP contribution in [-0.4, -0.2) is 25.9 Å². The first-order valence-electron chi connectivity index (χ1n) is 7.96. The molecule has 0 unspecified atom stereocenters. The highest BCUT2D eigenvalue weighted by Gasteiger charge is 2.29. The maximum absolute atomic E-state index is 13.1. The predicted octanol–water partition coefficient (Wildman–Crippen LogP) is 3.53. The van der Waals surface area contributed by atoms with Crippen LogP contribution < -0.4 is 4.74 Å². The predicted molar refractivity (Wildman–Crippen MR) is 90.0 cm³/mol. The van der Waals surface area contributed by atoms with Crippen LogP contribution in [0.15, 0.2) is 47.4 Å². The molecule has 0 N–H and O–H groups in total. The first kappa shape index (κ1) is 16.9. The van der Waals surface area contributed by atoms with Crippen molar-refractivity contribution in [2.45, 2.75) is 31.2 Å². The Morgan fingerprint density at radius 1 is 1.21 bits per heavy atom. The second kappa shape index (κ2) is 6.53. The Morgan fingerprint density at radius 3 is 2.58 bits per heavy atom. The zero-order valence-corrected chi connectivity index (χ0v) is 14.5. The number of fused-ring (bicyclic) bond motifs is 1. The minimum atomic E-state index is -3.67. The fraction of sp³-hybridized carbons (Fsp3) is 0.333. The monoisotopic (exact) mass is 349 g/mol. The minimum absolute atomic E-state index is 0.221. The molecule has 0 radical (unpaired) electrons. The number of hydrogen-bond donors (Lipinski definition) is 0. The Labute approximate surface area is 141 Å². The summed E-state index contributed by atoms with van der Waals surface area (Å²) in [6.45, 7) is 4.50. The van der Waals surface area contributed by atoms with Crippen LogP contribution in [0.5, 0.6) is 5.75 Å². The molecule has 128 valence electrons. The Bertz CT molecular complexity index is 834. The second-order valence-electron chi connectivity index (χ2n) is 5.80. The molecular formula is C18H20FNO3S. The van der Waals surface area contributed by atoms with Crippen molar-refractivity contribution in [2.75, 3.05) is 13.2 Å². The summed E-state index contributed by atoms with van der Waals surface area (Å²) in [5.74, 6) is 0.300. The lowest BCUT2D eigenvalue weighted by Crippen LogP contribution is -2.33. The summed E-state index contributed by atoms with van der Waals surface area (Å²) >= 11 is 0. The summed E-state index contributed by atoms with van der Waals surface area (Å²) in [5, 5.41) is 0.